The largest absolute Gasteiger partial charge is 0.475 e. The van der Waals surface area contributed by atoms with E-state index < -0.39 is 6.10 Å². The number of ether oxygens (including phenoxy) is 1. The number of aromatic nitrogens is 1. The number of carbonyl (C=O) groups excluding carboxylic acids is 2. The summed E-state index contributed by atoms with van der Waals surface area (Å²) in [6, 6.07) is 16.0. The lowest BCUT2D eigenvalue weighted by Gasteiger charge is -2.18. The maximum Gasteiger partial charge on any atom is 0.286 e. The van der Waals surface area contributed by atoms with Crippen LogP contribution in [0.4, 0.5) is 10.5 Å². The number of benzene rings is 2. The molecule has 3 aromatic rings. The van der Waals surface area contributed by atoms with Crippen molar-refractivity contribution in [3.63, 3.8) is 0 Å². The Morgan fingerprint density at radius 2 is 1.89 bits per heavy atom. The maximum absolute atomic E-state index is 11.8. The molecular formula is C28H31N3O5S. The summed E-state index contributed by atoms with van der Waals surface area (Å²) in [5, 5.41) is 23.7. The summed E-state index contributed by atoms with van der Waals surface area (Å²) in [6.07, 6.45) is -0.425. The van der Waals surface area contributed by atoms with Crippen molar-refractivity contribution in [1.29, 1.82) is 0 Å². The van der Waals surface area contributed by atoms with Crippen LogP contribution in [-0.4, -0.2) is 50.9 Å². The Balaban J connectivity index is 1.44. The van der Waals surface area contributed by atoms with Crippen molar-refractivity contribution < 1.29 is 24.5 Å². The van der Waals surface area contributed by atoms with Gasteiger partial charge < -0.3 is 20.3 Å². The number of rotatable bonds is 10. The highest BCUT2D eigenvalue weighted by Gasteiger charge is 2.31. The predicted molar refractivity (Wildman–Crippen MR) is 145 cm³/mol. The second kappa shape index (κ2) is 11.8. The van der Waals surface area contributed by atoms with Gasteiger partial charge in [0.1, 0.15) is 12.7 Å². The minimum Gasteiger partial charge on any atom is -0.475 e. The first-order valence-electron chi connectivity index (χ1n) is 12.1. The number of aliphatic hydroxyl groups excluding tert-OH is 2. The zero-order valence-electron chi connectivity index (χ0n) is 21.1. The van der Waals surface area contributed by atoms with Crippen molar-refractivity contribution in [3.05, 3.63) is 76.5 Å². The van der Waals surface area contributed by atoms with E-state index in [0.717, 1.165) is 56.5 Å². The molecule has 1 fully saturated rings. The normalized spacial score (nSPS) is 16.0. The molecule has 1 saturated heterocycles. The zero-order chi connectivity index (χ0) is 26.5. The lowest BCUT2D eigenvalue weighted by molar-refractivity contribution is -0.118. The van der Waals surface area contributed by atoms with E-state index in [-0.39, 0.29) is 29.6 Å². The number of imide groups is 1. The number of nitrogens with zero attached hydrogens (tertiary/aromatic N) is 1. The van der Waals surface area contributed by atoms with Crippen molar-refractivity contribution in [2.24, 2.45) is 0 Å². The Hall–Kier alpha value is -3.40. The second-order valence-electron chi connectivity index (χ2n) is 9.11. The first-order valence-corrected chi connectivity index (χ1v) is 13.0. The minimum atomic E-state index is -0.941. The summed E-state index contributed by atoms with van der Waals surface area (Å²) in [4.78, 5) is 27.7. The molecular weight excluding hydrogens is 490 g/mol. The van der Waals surface area contributed by atoms with E-state index >= 15 is 0 Å². The third kappa shape index (κ3) is 6.49. The fourth-order valence-corrected chi connectivity index (χ4v) is 5.21. The summed E-state index contributed by atoms with van der Waals surface area (Å²) in [7, 11) is 0. The van der Waals surface area contributed by atoms with Gasteiger partial charge in [-0.25, -0.2) is 4.98 Å². The van der Waals surface area contributed by atoms with Crippen LogP contribution >= 0.6 is 11.8 Å². The quantitative estimate of drug-likeness (QED) is 0.317. The van der Waals surface area contributed by atoms with Crippen molar-refractivity contribution >= 4 is 28.6 Å². The fourth-order valence-electron chi connectivity index (χ4n) is 4.36. The van der Waals surface area contributed by atoms with Gasteiger partial charge >= 0.3 is 0 Å². The number of amides is 2. The zero-order valence-corrected chi connectivity index (χ0v) is 21.9. The average Bonchev–Trinajstić information content (AvgIpc) is 3.19. The Kier molecular flexibility index (Phi) is 8.48. The van der Waals surface area contributed by atoms with E-state index in [9.17, 15) is 14.7 Å². The molecule has 0 bridgehead atoms. The van der Waals surface area contributed by atoms with Crippen LogP contribution in [-0.2, 0) is 17.8 Å². The number of pyridine rings is 1. The number of hydrogen-bond acceptors (Lipinski definition) is 8. The van der Waals surface area contributed by atoms with Gasteiger partial charge in [0.05, 0.1) is 11.9 Å². The highest BCUT2D eigenvalue weighted by molar-refractivity contribution is 8.15. The van der Waals surface area contributed by atoms with E-state index in [2.05, 4.69) is 34.7 Å². The molecule has 2 atom stereocenters. The average molecular weight is 522 g/mol. The molecule has 4 rings (SSSR count). The molecule has 2 heterocycles. The molecule has 4 N–H and O–H groups in total. The van der Waals surface area contributed by atoms with Gasteiger partial charge in [0.15, 0.2) is 0 Å². The molecule has 0 saturated carbocycles. The van der Waals surface area contributed by atoms with E-state index in [0.29, 0.717) is 18.8 Å². The lowest BCUT2D eigenvalue weighted by atomic mass is 9.92. The van der Waals surface area contributed by atoms with Gasteiger partial charge in [0.2, 0.25) is 11.8 Å². The van der Waals surface area contributed by atoms with Crippen LogP contribution in [0, 0.1) is 20.8 Å². The summed E-state index contributed by atoms with van der Waals surface area (Å²) < 4.78 is 5.54. The van der Waals surface area contributed by atoms with Gasteiger partial charge in [-0.05, 0) is 67.1 Å². The molecule has 0 radical (unpaired) electrons. The van der Waals surface area contributed by atoms with Gasteiger partial charge in [-0.15, -0.1) is 0 Å². The second-order valence-corrected chi connectivity index (χ2v) is 10.3. The van der Waals surface area contributed by atoms with Crippen molar-refractivity contribution in [3.8, 4) is 17.0 Å². The summed E-state index contributed by atoms with van der Waals surface area (Å²) in [5.74, 6) is 0.194. The van der Waals surface area contributed by atoms with Crippen molar-refractivity contribution in [2.75, 3.05) is 18.5 Å². The molecule has 194 valence electrons. The molecule has 1 unspecified atom stereocenters. The molecule has 1 aliphatic rings. The van der Waals surface area contributed by atoms with Crippen molar-refractivity contribution in [1.82, 2.24) is 10.3 Å². The van der Waals surface area contributed by atoms with Gasteiger partial charge in [0.25, 0.3) is 5.24 Å². The molecule has 37 heavy (non-hydrogen) atoms. The third-order valence-electron chi connectivity index (χ3n) is 6.35. The monoisotopic (exact) mass is 521 g/mol. The summed E-state index contributed by atoms with van der Waals surface area (Å²) in [6.45, 7) is 6.31. The fraction of sp³-hybridized carbons (Fsp3) is 0.321. The smallest absolute Gasteiger partial charge is 0.286 e. The molecule has 8 nitrogen and oxygen atoms in total. The molecule has 9 heteroatoms. The van der Waals surface area contributed by atoms with Crippen LogP contribution in [0.2, 0.25) is 0 Å². The molecule has 1 aromatic heterocycles. The lowest BCUT2D eigenvalue weighted by Crippen LogP contribution is -2.25. The van der Waals surface area contributed by atoms with Crippen LogP contribution in [0.1, 0.15) is 27.9 Å². The maximum atomic E-state index is 11.8. The summed E-state index contributed by atoms with van der Waals surface area (Å²) in [5.41, 5.74) is 8.26. The number of nitrogens with one attached hydrogen (secondary N) is 2. The first kappa shape index (κ1) is 26.7. The van der Waals surface area contributed by atoms with Crippen LogP contribution < -0.4 is 15.4 Å². The van der Waals surface area contributed by atoms with E-state index in [4.69, 9.17) is 9.84 Å². The number of carbonyl (C=O) groups is 2. The SMILES string of the molecule is Cc1cc(OC[C@H](O)CO)nc(C)c1-c1cccc(CNc2ccc(CC3SC(=O)NC3=O)cc2)c1C. The third-order valence-corrected chi connectivity index (χ3v) is 7.33. The first-order chi connectivity index (χ1) is 17.7. The highest BCUT2D eigenvalue weighted by atomic mass is 32.2. The number of thioether (sulfide) groups is 1. The topological polar surface area (TPSA) is 121 Å². The molecule has 2 amide bonds. The molecule has 2 aromatic carbocycles. The number of anilines is 1. The van der Waals surface area contributed by atoms with E-state index in [1.54, 1.807) is 0 Å². The van der Waals surface area contributed by atoms with Crippen LogP contribution in [0.5, 0.6) is 5.88 Å². The van der Waals surface area contributed by atoms with Crippen molar-refractivity contribution in [2.45, 2.75) is 45.1 Å². The van der Waals surface area contributed by atoms with Crippen LogP contribution in [0.25, 0.3) is 11.1 Å². The van der Waals surface area contributed by atoms with Crippen LogP contribution in [0.3, 0.4) is 0 Å². The number of aryl methyl sites for hydroxylation is 2. The van der Waals surface area contributed by atoms with Gasteiger partial charge in [-0.2, -0.15) is 0 Å². The number of hydrogen-bond donors (Lipinski definition) is 4. The predicted octanol–water partition coefficient (Wildman–Crippen LogP) is 3.91. The Morgan fingerprint density at radius 3 is 2.54 bits per heavy atom. The van der Waals surface area contributed by atoms with Gasteiger partial charge in [-0.1, -0.05) is 42.1 Å². The summed E-state index contributed by atoms with van der Waals surface area (Å²) >= 11 is 1.04. The van der Waals surface area contributed by atoms with Gasteiger partial charge in [0, 0.05) is 29.6 Å². The molecule has 0 spiro atoms. The molecule has 0 aliphatic carbocycles. The van der Waals surface area contributed by atoms with Crippen LogP contribution in [0.15, 0.2) is 48.5 Å². The standard InChI is InChI=1S/C28H31N3O5S/c1-16-11-25(36-15-22(33)14-32)30-18(3)26(16)23-6-4-5-20(17(23)2)13-29-21-9-7-19(8-10-21)12-24-27(34)31-28(35)37-24/h4-11,22,24,29,32-33H,12-15H2,1-3H3,(H,31,34,35)/t22-,24?/m1/s1. The van der Waals surface area contributed by atoms with E-state index in [1.807, 2.05) is 50.2 Å². The Morgan fingerprint density at radius 1 is 1.14 bits per heavy atom. The Bertz CT molecular complexity index is 1270. The molecule has 1 aliphatic heterocycles. The highest BCUT2D eigenvalue weighted by Crippen LogP contribution is 2.33. The van der Waals surface area contributed by atoms with Gasteiger partial charge in [-0.3, -0.25) is 14.9 Å². The number of aliphatic hydroxyl groups is 2. The minimum absolute atomic E-state index is 0.0164. The van der Waals surface area contributed by atoms with E-state index in [1.165, 1.54) is 0 Å². The Labute approximate surface area is 220 Å².